The van der Waals surface area contributed by atoms with E-state index in [1.54, 1.807) is 4.90 Å². The number of nitrogens with zero attached hydrogens (tertiary/aromatic N) is 2. The fourth-order valence-electron chi connectivity index (χ4n) is 1.99. The fraction of sp³-hybridized carbons (Fsp3) is 0.818. The average molecular weight is 227 g/mol. The van der Waals surface area contributed by atoms with Crippen LogP contribution in [0.1, 0.15) is 34.1 Å². The maximum atomic E-state index is 12.2. The van der Waals surface area contributed by atoms with Crippen LogP contribution in [-0.4, -0.2) is 47.0 Å². The van der Waals surface area contributed by atoms with Crippen molar-refractivity contribution in [1.82, 2.24) is 15.1 Å². The van der Waals surface area contributed by atoms with Gasteiger partial charge in [0.2, 0.25) is 0 Å². The highest BCUT2D eigenvalue weighted by molar-refractivity contribution is 5.94. The first kappa shape index (κ1) is 12.8. The van der Waals surface area contributed by atoms with Crippen LogP contribution in [0.25, 0.3) is 0 Å². The topological polar surface area (TPSA) is 52.7 Å². The highest BCUT2D eigenvalue weighted by Crippen LogP contribution is 2.11. The standard InChI is InChI=1S/C11H21N3O2/c1-8(2)14(9(3)4)11(16)13-7-5-6-12-10(13)15/h8-9H,5-7H2,1-4H3,(H,12,15). The summed E-state index contributed by atoms with van der Waals surface area (Å²) in [5.74, 6) is 0. The van der Waals surface area contributed by atoms with Gasteiger partial charge in [0.1, 0.15) is 0 Å². The zero-order valence-electron chi connectivity index (χ0n) is 10.5. The van der Waals surface area contributed by atoms with Gasteiger partial charge in [0.25, 0.3) is 0 Å². The molecular formula is C11H21N3O2. The van der Waals surface area contributed by atoms with Crippen molar-refractivity contribution in [3.05, 3.63) is 0 Å². The number of carbonyl (C=O) groups is 2. The third-order valence-electron chi connectivity index (χ3n) is 2.64. The van der Waals surface area contributed by atoms with Crippen LogP contribution in [0.2, 0.25) is 0 Å². The number of carbonyl (C=O) groups excluding carboxylic acids is 2. The second-order valence-corrected chi connectivity index (χ2v) is 4.61. The summed E-state index contributed by atoms with van der Waals surface area (Å²) in [6, 6.07) is -0.269. The van der Waals surface area contributed by atoms with E-state index in [0.717, 1.165) is 6.42 Å². The quantitative estimate of drug-likeness (QED) is 0.779. The van der Waals surface area contributed by atoms with Gasteiger partial charge in [-0.3, -0.25) is 0 Å². The lowest BCUT2D eigenvalue weighted by molar-refractivity contribution is 0.125. The van der Waals surface area contributed by atoms with Crippen LogP contribution in [0.5, 0.6) is 0 Å². The first-order valence-corrected chi connectivity index (χ1v) is 5.82. The minimum absolute atomic E-state index is 0.0993. The normalized spacial score (nSPS) is 16.6. The number of hydrogen-bond acceptors (Lipinski definition) is 2. The lowest BCUT2D eigenvalue weighted by Crippen LogP contribution is -2.56. The predicted octanol–water partition coefficient (Wildman–Crippen LogP) is 1.64. The van der Waals surface area contributed by atoms with E-state index in [-0.39, 0.29) is 24.1 Å². The Kier molecular flexibility index (Phi) is 4.15. The summed E-state index contributed by atoms with van der Waals surface area (Å²) in [6.07, 6.45) is 0.821. The van der Waals surface area contributed by atoms with Crippen molar-refractivity contribution < 1.29 is 9.59 Å². The highest BCUT2D eigenvalue weighted by atomic mass is 16.2. The third-order valence-corrected chi connectivity index (χ3v) is 2.64. The molecule has 0 aromatic carbocycles. The van der Waals surface area contributed by atoms with Crippen molar-refractivity contribution in [1.29, 1.82) is 0 Å². The van der Waals surface area contributed by atoms with Crippen molar-refractivity contribution >= 4 is 12.1 Å². The molecule has 5 nitrogen and oxygen atoms in total. The van der Waals surface area contributed by atoms with Crippen LogP contribution in [0, 0.1) is 0 Å². The van der Waals surface area contributed by atoms with Crippen molar-refractivity contribution in [2.45, 2.75) is 46.2 Å². The van der Waals surface area contributed by atoms with E-state index in [9.17, 15) is 9.59 Å². The third kappa shape index (κ3) is 2.65. The number of nitrogens with one attached hydrogen (secondary N) is 1. The molecule has 0 radical (unpaired) electrons. The summed E-state index contributed by atoms with van der Waals surface area (Å²) >= 11 is 0. The Balaban J connectivity index is 2.77. The Morgan fingerprint density at radius 2 is 1.88 bits per heavy atom. The molecule has 5 heteroatoms. The molecule has 0 aliphatic carbocycles. The molecule has 0 saturated carbocycles. The van der Waals surface area contributed by atoms with Crippen LogP contribution < -0.4 is 5.32 Å². The molecule has 0 atom stereocenters. The Labute approximate surface area is 96.8 Å². The van der Waals surface area contributed by atoms with Gasteiger partial charge in [-0.15, -0.1) is 0 Å². The van der Waals surface area contributed by atoms with Crippen LogP contribution in [0.15, 0.2) is 0 Å². The lowest BCUT2D eigenvalue weighted by Gasteiger charge is -2.36. The SMILES string of the molecule is CC(C)N(C(=O)N1CCCNC1=O)C(C)C. The van der Waals surface area contributed by atoms with Crippen LogP contribution >= 0.6 is 0 Å². The van der Waals surface area contributed by atoms with Crippen LogP contribution in [-0.2, 0) is 0 Å². The molecule has 1 fully saturated rings. The molecule has 1 aliphatic heterocycles. The smallest absolute Gasteiger partial charge is 0.328 e. The second kappa shape index (κ2) is 5.18. The molecular weight excluding hydrogens is 206 g/mol. The van der Waals surface area contributed by atoms with Gasteiger partial charge in [0.15, 0.2) is 0 Å². The van der Waals surface area contributed by atoms with Gasteiger partial charge in [-0.2, -0.15) is 0 Å². The van der Waals surface area contributed by atoms with Crippen LogP contribution in [0.4, 0.5) is 9.59 Å². The number of rotatable bonds is 2. The van der Waals surface area contributed by atoms with E-state index in [1.165, 1.54) is 4.90 Å². The first-order chi connectivity index (χ1) is 7.45. The maximum absolute atomic E-state index is 12.2. The zero-order chi connectivity index (χ0) is 12.3. The van der Waals surface area contributed by atoms with Gasteiger partial charge in [-0.25, -0.2) is 14.5 Å². The number of imide groups is 1. The Bertz CT molecular complexity index is 268. The molecule has 0 bridgehead atoms. The van der Waals surface area contributed by atoms with Gasteiger partial charge in [-0.05, 0) is 34.1 Å². The maximum Gasteiger partial charge on any atom is 0.328 e. The molecule has 0 spiro atoms. The number of urea groups is 2. The van der Waals surface area contributed by atoms with Crippen molar-refractivity contribution in [2.24, 2.45) is 0 Å². The van der Waals surface area contributed by atoms with Crippen molar-refractivity contribution in [3.63, 3.8) is 0 Å². The molecule has 1 rings (SSSR count). The summed E-state index contributed by atoms with van der Waals surface area (Å²) in [7, 11) is 0. The summed E-state index contributed by atoms with van der Waals surface area (Å²) in [5, 5.41) is 2.69. The monoisotopic (exact) mass is 227 g/mol. The zero-order valence-corrected chi connectivity index (χ0v) is 10.5. The van der Waals surface area contributed by atoms with Gasteiger partial charge in [0.05, 0.1) is 0 Å². The van der Waals surface area contributed by atoms with E-state index in [2.05, 4.69) is 5.32 Å². The van der Waals surface area contributed by atoms with Gasteiger partial charge in [0, 0.05) is 25.2 Å². The minimum Gasteiger partial charge on any atom is -0.338 e. The van der Waals surface area contributed by atoms with E-state index in [1.807, 2.05) is 27.7 Å². The largest absolute Gasteiger partial charge is 0.338 e. The molecule has 1 aliphatic rings. The molecule has 16 heavy (non-hydrogen) atoms. The Morgan fingerprint density at radius 3 is 2.31 bits per heavy atom. The van der Waals surface area contributed by atoms with Gasteiger partial charge < -0.3 is 10.2 Å². The second-order valence-electron chi connectivity index (χ2n) is 4.61. The molecule has 0 aromatic rings. The number of hydrogen-bond donors (Lipinski definition) is 1. The lowest BCUT2D eigenvalue weighted by atomic mass is 10.2. The molecule has 0 unspecified atom stereocenters. The Morgan fingerprint density at radius 1 is 1.31 bits per heavy atom. The van der Waals surface area contributed by atoms with Crippen molar-refractivity contribution in [2.75, 3.05) is 13.1 Å². The van der Waals surface area contributed by atoms with Crippen LogP contribution in [0.3, 0.4) is 0 Å². The van der Waals surface area contributed by atoms with E-state index < -0.39 is 0 Å². The highest BCUT2D eigenvalue weighted by Gasteiger charge is 2.30. The van der Waals surface area contributed by atoms with E-state index >= 15 is 0 Å². The average Bonchev–Trinajstić information content (AvgIpc) is 2.16. The molecule has 0 aromatic heterocycles. The van der Waals surface area contributed by atoms with Crippen molar-refractivity contribution in [3.8, 4) is 0 Å². The first-order valence-electron chi connectivity index (χ1n) is 5.82. The molecule has 4 amide bonds. The summed E-state index contributed by atoms with van der Waals surface area (Å²) in [6.45, 7) is 9.01. The predicted molar refractivity (Wildman–Crippen MR) is 62.2 cm³/mol. The van der Waals surface area contributed by atoms with E-state index in [4.69, 9.17) is 0 Å². The summed E-state index contributed by atoms with van der Waals surface area (Å²) < 4.78 is 0. The van der Waals surface area contributed by atoms with Gasteiger partial charge in [-0.1, -0.05) is 0 Å². The minimum atomic E-state index is -0.275. The Hall–Kier alpha value is -1.26. The van der Waals surface area contributed by atoms with E-state index in [0.29, 0.717) is 13.1 Å². The van der Waals surface area contributed by atoms with Gasteiger partial charge >= 0.3 is 12.1 Å². The fourth-order valence-corrected chi connectivity index (χ4v) is 1.99. The summed E-state index contributed by atoms with van der Waals surface area (Å²) in [5.41, 5.74) is 0. The molecule has 1 heterocycles. The molecule has 92 valence electrons. The number of amides is 4. The molecule has 1 N–H and O–H groups in total. The molecule has 1 saturated heterocycles. The summed E-state index contributed by atoms with van der Waals surface area (Å²) in [4.78, 5) is 26.8.